The summed E-state index contributed by atoms with van der Waals surface area (Å²) in [6, 6.07) is 10.7. The highest BCUT2D eigenvalue weighted by Crippen LogP contribution is 2.42. The van der Waals surface area contributed by atoms with E-state index < -0.39 is 8.32 Å². The van der Waals surface area contributed by atoms with Gasteiger partial charge in [-0.15, -0.1) is 0 Å². The van der Waals surface area contributed by atoms with Crippen LogP contribution in [0.25, 0.3) is 0 Å². The number of aliphatic imine (C=N–C) groups is 1. The molecule has 0 aliphatic carbocycles. The van der Waals surface area contributed by atoms with Crippen molar-refractivity contribution in [2.75, 3.05) is 36.5 Å². The summed E-state index contributed by atoms with van der Waals surface area (Å²) in [5, 5.41) is 3.54. The fraction of sp³-hybridized carbons (Fsp3) is 0.621. The van der Waals surface area contributed by atoms with Crippen LogP contribution >= 0.6 is 0 Å². The molecular weight excluding hydrogens is 478 g/mol. The standard InChI is InChI=1S/C29H45N5O2Si/c1-21(2)37(22(3)4,23(5)6)36-18-25-15-31-28-27(16-30-25)29(33-20-32-28)34-14-10-13-26(34)19-35-17-24-11-8-7-9-12-24/h7-9,11-12,16,20-23,25-26H,10,13-15,17-19H2,1-6H3,(H,31,32,33). The second-order valence-corrected chi connectivity index (χ2v) is 16.9. The highest BCUT2D eigenvalue weighted by atomic mass is 28.4. The van der Waals surface area contributed by atoms with Crippen molar-refractivity contribution in [2.24, 2.45) is 4.99 Å². The van der Waals surface area contributed by atoms with Crippen LogP contribution in [0.2, 0.25) is 16.6 Å². The SMILES string of the molecule is CC(C)[Si](OCC1CNc2ncnc(N3CCCC3COCc3ccccc3)c2C=N1)(C(C)C)C(C)C. The summed E-state index contributed by atoms with van der Waals surface area (Å²) in [4.78, 5) is 16.6. The number of anilines is 2. The molecule has 202 valence electrons. The van der Waals surface area contributed by atoms with Crippen molar-refractivity contribution in [2.45, 2.75) is 89.7 Å². The van der Waals surface area contributed by atoms with Crippen LogP contribution in [0, 0.1) is 0 Å². The molecule has 3 heterocycles. The van der Waals surface area contributed by atoms with Gasteiger partial charge in [0, 0.05) is 19.3 Å². The molecule has 0 spiro atoms. The molecule has 8 heteroatoms. The minimum atomic E-state index is -1.94. The zero-order valence-corrected chi connectivity index (χ0v) is 24.5. The Morgan fingerprint density at radius 1 is 1.00 bits per heavy atom. The molecule has 2 aromatic rings. The average Bonchev–Trinajstić information content (AvgIpc) is 3.23. The molecule has 7 nitrogen and oxygen atoms in total. The summed E-state index contributed by atoms with van der Waals surface area (Å²) in [5.74, 6) is 1.80. The van der Waals surface area contributed by atoms with E-state index in [9.17, 15) is 0 Å². The van der Waals surface area contributed by atoms with Crippen LogP contribution in [0.5, 0.6) is 0 Å². The van der Waals surface area contributed by atoms with Gasteiger partial charge in [-0.3, -0.25) is 4.99 Å². The van der Waals surface area contributed by atoms with Crippen LogP contribution in [0.4, 0.5) is 11.6 Å². The summed E-state index contributed by atoms with van der Waals surface area (Å²) in [7, 11) is -1.94. The van der Waals surface area contributed by atoms with Crippen LogP contribution in [0.1, 0.15) is 65.5 Å². The van der Waals surface area contributed by atoms with Crippen LogP contribution in [0.3, 0.4) is 0 Å². The van der Waals surface area contributed by atoms with Crippen molar-refractivity contribution in [3.63, 3.8) is 0 Å². The molecule has 2 aliphatic heterocycles. The second kappa shape index (κ2) is 12.5. The molecule has 1 N–H and O–H groups in total. The molecule has 0 bridgehead atoms. The Morgan fingerprint density at radius 3 is 2.43 bits per heavy atom. The molecule has 2 aliphatic rings. The van der Waals surface area contributed by atoms with E-state index in [1.165, 1.54) is 5.56 Å². The van der Waals surface area contributed by atoms with Gasteiger partial charge in [0.2, 0.25) is 0 Å². The topological polar surface area (TPSA) is 71.9 Å². The first kappa shape index (κ1) is 27.7. The average molecular weight is 524 g/mol. The van der Waals surface area contributed by atoms with E-state index in [1.807, 2.05) is 12.3 Å². The predicted molar refractivity (Wildman–Crippen MR) is 155 cm³/mol. The number of aromatic nitrogens is 2. The zero-order valence-electron chi connectivity index (χ0n) is 23.5. The maximum Gasteiger partial charge on any atom is 0.200 e. The molecular formula is C29H45N5O2Si. The van der Waals surface area contributed by atoms with Gasteiger partial charge < -0.3 is 19.4 Å². The third-order valence-electron chi connectivity index (χ3n) is 8.09. The highest BCUT2D eigenvalue weighted by molar-refractivity contribution is 6.77. The number of fused-ring (bicyclic) bond motifs is 1. The Hall–Kier alpha value is -2.29. The van der Waals surface area contributed by atoms with Gasteiger partial charge >= 0.3 is 0 Å². The third-order valence-corrected chi connectivity index (χ3v) is 14.2. The van der Waals surface area contributed by atoms with Crippen molar-refractivity contribution >= 4 is 26.2 Å². The Kier molecular flexibility index (Phi) is 9.37. The Labute approximate surface area is 224 Å². The van der Waals surface area contributed by atoms with Gasteiger partial charge in [-0.2, -0.15) is 0 Å². The van der Waals surface area contributed by atoms with Gasteiger partial charge in [0.15, 0.2) is 8.32 Å². The number of hydrogen-bond acceptors (Lipinski definition) is 7. The molecule has 4 rings (SSSR count). The molecule has 2 atom stereocenters. The van der Waals surface area contributed by atoms with Gasteiger partial charge in [0.1, 0.15) is 18.0 Å². The first-order valence-electron chi connectivity index (χ1n) is 14.0. The van der Waals surface area contributed by atoms with E-state index in [2.05, 4.69) is 81.0 Å². The Morgan fingerprint density at radius 2 is 1.73 bits per heavy atom. The molecule has 1 aromatic carbocycles. The molecule has 1 aromatic heterocycles. The maximum atomic E-state index is 6.86. The van der Waals surface area contributed by atoms with E-state index in [1.54, 1.807) is 6.33 Å². The van der Waals surface area contributed by atoms with Gasteiger partial charge in [-0.25, -0.2) is 9.97 Å². The number of nitrogens with zero attached hydrogens (tertiary/aromatic N) is 4. The number of ether oxygens (including phenoxy) is 1. The van der Waals surface area contributed by atoms with Crippen molar-refractivity contribution < 1.29 is 9.16 Å². The van der Waals surface area contributed by atoms with Crippen LogP contribution in [-0.4, -0.2) is 62.9 Å². The van der Waals surface area contributed by atoms with Crippen molar-refractivity contribution in [3.05, 3.63) is 47.8 Å². The molecule has 2 unspecified atom stereocenters. The number of benzene rings is 1. The minimum absolute atomic E-state index is 0.0498. The predicted octanol–water partition coefficient (Wildman–Crippen LogP) is 6.07. The molecule has 0 saturated carbocycles. The lowest BCUT2D eigenvalue weighted by Gasteiger charge is -2.42. The minimum Gasteiger partial charge on any atom is -0.414 e. The van der Waals surface area contributed by atoms with Crippen LogP contribution in [-0.2, 0) is 15.8 Å². The molecule has 1 saturated heterocycles. The van der Waals surface area contributed by atoms with Crippen molar-refractivity contribution in [3.8, 4) is 0 Å². The lowest BCUT2D eigenvalue weighted by Crippen LogP contribution is -2.49. The fourth-order valence-corrected chi connectivity index (χ4v) is 11.8. The van der Waals surface area contributed by atoms with E-state index in [0.717, 1.165) is 36.6 Å². The van der Waals surface area contributed by atoms with Gasteiger partial charge in [0.25, 0.3) is 0 Å². The fourth-order valence-electron chi connectivity index (χ4n) is 6.34. The van der Waals surface area contributed by atoms with Crippen molar-refractivity contribution in [1.82, 2.24) is 9.97 Å². The van der Waals surface area contributed by atoms with Crippen LogP contribution in [0.15, 0.2) is 41.7 Å². The van der Waals surface area contributed by atoms with E-state index >= 15 is 0 Å². The monoisotopic (exact) mass is 523 g/mol. The Balaban J connectivity index is 1.44. The van der Waals surface area contributed by atoms with Gasteiger partial charge in [-0.1, -0.05) is 71.9 Å². The summed E-state index contributed by atoms with van der Waals surface area (Å²) in [5.41, 5.74) is 3.84. The number of hydrogen-bond donors (Lipinski definition) is 1. The first-order chi connectivity index (χ1) is 17.8. The smallest absolute Gasteiger partial charge is 0.200 e. The molecule has 1 fully saturated rings. The van der Waals surface area contributed by atoms with E-state index in [-0.39, 0.29) is 6.04 Å². The normalized spacial score (nSPS) is 20.0. The largest absolute Gasteiger partial charge is 0.414 e. The highest BCUT2D eigenvalue weighted by Gasteiger charge is 2.45. The van der Waals surface area contributed by atoms with Gasteiger partial charge in [-0.05, 0) is 35.0 Å². The maximum absolute atomic E-state index is 6.86. The summed E-state index contributed by atoms with van der Waals surface area (Å²) >= 11 is 0. The number of rotatable bonds is 11. The summed E-state index contributed by atoms with van der Waals surface area (Å²) in [6.07, 6.45) is 5.87. The van der Waals surface area contributed by atoms with E-state index in [0.29, 0.717) is 49.0 Å². The lowest BCUT2D eigenvalue weighted by atomic mass is 10.2. The quantitative estimate of drug-likeness (QED) is 0.361. The Bertz CT molecular complexity index is 1010. The van der Waals surface area contributed by atoms with Gasteiger partial charge in [0.05, 0.1) is 37.5 Å². The number of nitrogens with one attached hydrogen (secondary N) is 1. The third kappa shape index (κ3) is 6.24. The van der Waals surface area contributed by atoms with Crippen molar-refractivity contribution in [1.29, 1.82) is 0 Å². The molecule has 0 radical (unpaired) electrons. The second-order valence-electron chi connectivity index (χ2n) is 11.4. The van der Waals surface area contributed by atoms with Crippen LogP contribution < -0.4 is 10.2 Å². The molecule has 37 heavy (non-hydrogen) atoms. The zero-order chi connectivity index (χ0) is 26.4. The summed E-state index contributed by atoms with van der Waals surface area (Å²) < 4.78 is 13.0. The summed E-state index contributed by atoms with van der Waals surface area (Å²) in [6.45, 7) is 17.6. The molecule has 0 amide bonds. The first-order valence-corrected chi connectivity index (χ1v) is 16.1. The lowest BCUT2D eigenvalue weighted by molar-refractivity contribution is 0.108. The van der Waals surface area contributed by atoms with E-state index in [4.69, 9.17) is 19.1 Å².